The van der Waals surface area contributed by atoms with Gasteiger partial charge in [-0.05, 0) is 24.3 Å². The molecule has 1 amide bonds. The molecule has 12 heteroatoms. The van der Waals surface area contributed by atoms with Gasteiger partial charge in [0.1, 0.15) is 42.5 Å². The molecule has 9 nitrogen and oxygen atoms in total. The van der Waals surface area contributed by atoms with Gasteiger partial charge in [0.2, 0.25) is 6.29 Å². The number of esters is 1. The molecule has 1 fully saturated rings. The Labute approximate surface area is 181 Å². The van der Waals surface area contributed by atoms with E-state index in [-0.39, 0.29) is 6.61 Å². The first-order valence-electron chi connectivity index (χ1n) is 8.36. The van der Waals surface area contributed by atoms with Gasteiger partial charge in [-0.2, -0.15) is 0 Å². The molecule has 2 rings (SSSR count). The van der Waals surface area contributed by atoms with Crippen molar-refractivity contribution >= 4 is 46.7 Å². The second kappa shape index (κ2) is 10.0. The summed E-state index contributed by atoms with van der Waals surface area (Å²) in [6.07, 6.45) is -5.54. The van der Waals surface area contributed by atoms with Crippen LogP contribution in [-0.4, -0.2) is 70.2 Å². The molecule has 5 atom stereocenters. The SMILES string of the molecule is COc1ccc(O[C@H]2O[C@H](COC(C)=O)[C@@H](O)[C@@H](O)[C@H]2NC(=O)C(Cl)(Cl)Cl)cc1. The number of amides is 1. The Bertz CT molecular complexity index is 712. The van der Waals surface area contributed by atoms with Crippen molar-refractivity contribution in [2.45, 2.75) is 41.4 Å². The molecule has 0 bridgehead atoms. The van der Waals surface area contributed by atoms with Crippen molar-refractivity contribution in [1.82, 2.24) is 5.32 Å². The molecular formula is C17H20Cl3NO8. The van der Waals surface area contributed by atoms with E-state index in [9.17, 15) is 19.8 Å². The molecular weight excluding hydrogens is 453 g/mol. The van der Waals surface area contributed by atoms with Gasteiger partial charge in [0.25, 0.3) is 9.70 Å². The summed E-state index contributed by atoms with van der Waals surface area (Å²) in [6.45, 7) is 0.835. The van der Waals surface area contributed by atoms with Gasteiger partial charge >= 0.3 is 5.97 Å². The van der Waals surface area contributed by atoms with Crippen LogP contribution in [0.3, 0.4) is 0 Å². The smallest absolute Gasteiger partial charge is 0.302 e. The van der Waals surface area contributed by atoms with Crippen molar-refractivity contribution in [3.8, 4) is 11.5 Å². The zero-order chi connectivity index (χ0) is 21.8. The predicted octanol–water partition coefficient (Wildman–Crippen LogP) is 0.939. The van der Waals surface area contributed by atoms with Gasteiger partial charge in [0, 0.05) is 6.92 Å². The minimum absolute atomic E-state index is 0.304. The molecule has 1 aliphatic heterocycles. The summed E-state index contributed by atoms with van der Waals surface area (Å²) in [6, 6.07) is 5.07. The quantitative estimate of drug-likeness (QED) is 0.413. The molecule has 1 heterocycles. The number of hydrogen-bond donors (Lipinski definition) is 3. The Kier molecular flexibility index (Phi) is 8.21. The lowest BCUT2D eigenvalue weighted by Gasteiger charge is -2.42. The number of benzene rings is 1. The van der Waals surface area contributed by atoms with Crippen LogP contribution in [0, 0.1) is 0 Å². The highest BCUT2D eigenvalue weighted by molar-refractivity contribution is 6.76. The molecule has 0 radical (unpaired) electrons. The average Bonchev–Trinajstić information content (AvgIpc) is 2.66. The van der Waals surface area contributed by atoms with Crippen LogP contribution in [0.4, 0.5) is 0 Å². The number of aliphatic hydroxyl groups excluding tert-OH is 2. The standard InChI is InChI=1S/C17H20Cl3NO8/c1-8(22)27-7-11-13(23)14(24)12(21-16(25)17(18,19)20)15(29-11)28-10-5-3-9(26-2)4-6-10/h3-6,11-15,23-24H,7H2,1-2H3,(H,21,25)/t11-,12-,13-,14+,15+/m1/s1. The molecule has 162 valence electrons. The van der Waals surface area contributed by atoms with Crippen molar-refractivity contribution in [1.29, 1.82) is 0 Å². The first-order valence-corrected chi connectivity index (χ1v) is 9.49. The average molecular weight is 473 g/mol. The maximum atomic E-state index is 12.1. The van der Waals surface area contributed by atoms with Crippen molar-refractivity contribution in [3.05, 3.63) is 24.3 Å². The maximum Gasteiger partial charge on any atom is 0.302 e. The lowest BCUT2D eigenvalue weighted by atomic mass is 9.97. The van der Waals surface area contributed by atoms with Crippen LogP contribution in [0.1, 0.15) is 6.92 Å². The summed E-state index contributed by atoms with van der Waals surface area (Å²) in [7, 11) is 1.50. The number of halogens is 3. The number of methoxy groups -OCH3 is 1. The Morgan fingerprint density at radius 2 is 1.72 bits per heavy atom. The number of alkyl halides is 3. The second-order valence-electron chi connectivity index (χ2n) is 6.12. The third-order valence-electron chi connectivity index (χ3n) is 4.02. The Hall–Kier alpha value is -1.49. The number of ether oxygens (including phenoxy) is 4. The third kappa shape index (κ3) is 6.50. The Balaban J connectivity index is 2.23. The van der Waals surface area contributed by atoms with E-state index >= 15 is 0 Å². The highest BCUT2D eigenvalue weighted by atomic mass is 35.6. The molecule has 0 aromatic heterocycles. The summed E-state index contributed by atoms with van der Waals surface area (Å²) in [5.41, 5.74) is 0. The van der Waals surface area contributed by atoms with Crippen molar-refractivity contribution in [2.24, 2.45) is 0 Å². The predicted molar refractivity (Wildman–Crippen MR) is 103 cm³/mol. The largest absolute Gasteiger partial charge is 0.497 e. The zero-order valence-corrected chi connectivity index (χ0v) is 17.6. The van der Waals surface area contributed by atoms with Gasteiger partial charge in [-0.15, -0.1) is 0 Å². The van der Waals surface area contributed by atoms with Crippen molar-refractivity contribution in [3.63, 3.8) is 0 Å². The Morgan fingerprint density at radius 3 is 2.24 bits per heavy atom. The summed E-state index contributed by atoms with van der Waals surface area (Å²) in [5, 5.41) is 23.1. The lowest BCUT2D eigenvalue weighted by molar-refractivity contribution is -0.246. The van der Waals surface area contributed by atoms with E-state index in [0.717, 1.165) is 0 Å². The molecule has 1 aromatic carbocycles. The zero-order valence-electron chi connectivity index (χ0n) is 15.4. The van der Waals surface area contributed by atoms with Gasteiger partial charge in [-0.25, -0.2) is 0 Å². The van der Waals surface area contributed by atoms with E-state index < -0.39 is 46.3 Å². The maximum absolute atomic E-state index is 12.1. The summed E-state index contributed by atoms with van der Waals surface area (Å²) in [4.78, 5) is 23.1. The van der Waals surface area contributed by atoms with E-state index in [1.54, 1.807) is 24.3 Å². The minimum Gasteiger partial charge on any atom is -0.497 e. The minimum atomic E-state index is -2.32. The van der Waals surface area contributed by atoms with E-state index in [4.69, 9.17) is 53.8 Å². The molecule has 0 spiro atoms. The number of carbonyl (C=O) groups is 2. The van der Waals surface area contributed by atoms with Crippen LogP contribution < -0.4 is 14.8 Å². The van der Waals surface area contributed by atoms with Crippen molar-refractivity contribution in [2.75, 3.05) is 13.7 Å². The van der Waals surface area contributed by atoms with Crippen LogP contribution in [0.2, 0.25) is 0 Å². The van der Waals surface area contributed by atoms with Crippen LogP contribution in [-0.2, 0) is 19.1 Å². The van der Waals surface area contributed by atoms with Gasteiger partial charge in [0.05, 0.1) is 7.11 Å². The fraction of sp³-hybridized carbons (Fsp3) is 0.529. The summed E-state index contributed by atoms with van der Waals surface area (Å²) >= 11 is 16.7. The van der Waals surface area contributed by atoms with Crippen LogP contribution in [0.25, 0.3) is 0 Å². The lowest BCUT2D eigenvalue weighted by Crippen LogP contribution is -2.66. The molecule has 1 saturated heterocycles. The highest BCUT2D eigenvalue weighted by Gasteiger charge is 2.48. The van der Waals surface area contributed by atoms with Crippen LogP contribution >= 0.6 is 34.8 Å². The molecule has 29 heavy (non-hydrogen) atoms. The second-order valence-corrected chi connectivity index (χ2v) is 8.40. The molecule has 0 unspecified atom stereocenters. The number of carbonyl (C=O) groups excluding carboxylic acids is 2. The van der Waals surface area contributed by atoms with Crippen molar-refractivity contribution < 1.29 is 38.7 Å². The fourth-order valence-electron chi connectivity index (χ4n) is 2.54. The summed E-state index contributed by atoms with van der Waals surface area (Å²) < 4.78 is 18.9. The topological polar surface area (TPSA) is 124 Å². The van der Waals surface area contributed by atoms with Crippen LogP contribution in [0.5, 0.6) is 11.5 Å². The summed E-state index contributed by atoms with van der Waals surface area (Å²) in [5.74, 6) is -0.774. The number of hydrogen-bond acceptors (Lipinski definition) is 8. The van der Waals surface area contributed by atoms with Gasteiger partial charge < -0.3 is 34.5 Å². The Morgan fingerprint density at radius 1 is 1.14 bits per heavy atom. The number of aliphatic hydroxyl groups is 2. The normalized spacial score (nSPS) is 27.1. The monoisotopic (exact) mass is 471 g/mol. The fourth-order valence-corrected chi connectivity index (χ4v) is 2.71. The van der Waals surface area contributed by atoms with E-state index in [2.05, 4.69) is 5.32 Å². The molecule has 1 aromatic rings. The molecule has 0 saturated carbocycles. The first kappa shape index (κ1) is 23.8. The molecule has 1 aliphatic rings. The van der Waals surface area contributed by atoms with E-state index in [1.165, 1.54) is 14.0 Å². The van der Waals surface area contributed by atoms with Gasteiger partial charge in [0.15, 0.2) is 0 Å². The molecule has 0 aliphatic carbocycles. The van der Waals surface area contributed by atoms with Crippen LogP contribution in [0.15, 0.2) is 24.3 Å². The highest BCUT2D eigenvalue weighted by Crippen LogP contribution is 2.29. The van der Waals surface area contributed by atoms with Gasteiger partial charge in [-0.1, -0.05) is 34.8 Å². The molecule has 3 N–H and O–H groups in total. The van der Waals surface area contributed by atoms with Gasteiger partial charge in [-0.3, -0.25) is 9.59 Å². The van der Waals surface area contributed by atoms with E-state index in [0.29, 0.717) is 11.5 Å². The number of rotatable bonds is 6. The third-order valence-corrected chi connectivity index (χ3v) is 4.53. The van der Waals surface area contributed by atoms with E-state index in [1.807, 2.05) is 0 Å². The number of nitrogens with one attached hydrogen (secondary N) is 1. The first-order chi connectivity index (χ1) is 13.5.